The second kappa shape index (κ2) is 10.2. The first kappa shape index (κ1) is 28.6. The number of aliphatic hydroxyl groups is 3. The van der Waals surface area contributed by atoms with Crippen LogP contribution in [0.5, 0.6) is 11.5 Å². The Morgan fingerprint density at radius 2 is 1.88 bits per heavy atom. The molecule has 0 amide bonds. The van der Waals surface area contributed by atoms with Crippen molar-refractivity contribution in [2.24, 2.45) is 28.6 Å². The molecular formula is C35H38O8. The van der Waals surface area contributed by atoms with Gasteiger partial charge in [0.15, 0.2) is 23.5 Å². The molecule has 2 aromatic carbocycles. The van der Waals surface area contributed by atoms with Crippen molar-refractivity contribution in [2.45, 2.75) is 70.2 Å². The summed E-state index contributed by atoms with van der Waals surface area (Å²) in [5, 5.41) is 31.4. The Kier molecular flexibility index (Phi) is 6.80. The number of carbonyl (C=O) groups is 2. The number of carbonyl (C=O) groups excluding carboxylic acids is 2. The monoisotopic (exact) mass is 586 g/mol. The van der Waals surface area contributed by atoms with Gasteiger partial charge in [0.1, 0.15) is 18.1 Å². The number of ether oxygens (including phenoxy) is 3. The van der Waals surface area contributed by atoms with E-state index in [1.54, 1.807) is 30.4 Å². The highest BCUT2D eigenvalue weighted by Gasteiger charge is 2.75. The quantitative estimate of drug-likeness (QED) is 0.450. The summed E-state index contributed by atoms with van der Waals surface area (Å²) in [6.07, 6.45) is 5.72. The largest absolute Gasteiger partial charge is 0.457 e. The molecule has 0 unspecified atom stereocenters. The summed E-state index contributed by atoms with van der Waals surface area (Å²) in [5.74, 6) is 0.849. The number of hydrogen-bond donors (Lipinski definition) is 3. The molecule has 1 saturated heterocycles. The molecule has 8 nitrogen and oxygen atoms in total. The van der Waals surface area contributed by atoms with Gasteiger partial charge in [0.05, 0.1) is 18.8 Å². The zero-order valence-electron chi connectivity index (χ0n) is 24.4. The summed E-state index contributed by atoms with van der Waals surface area (Å²) in [7, 11) is 0. The topological polar surface area (TPSA) is 123 Å². The molecule has 7 rings (SSSR count). The number of ketones is 2. The average molecular weight is 587 g/mol. The lowest BCUT2D eigenvalue weighted by Gasteiger charge is -2.59. The summed E-state index contributed by atoms with van der Waals surface area (Å²) >= 11 is 0. The number of hydrogen-bond acceptors (Lipinski definition) is 8. The summed E-state index contributed by atoms with van der Waals surface area (Å²) < 4.78 is 19.1. The van der Waals surface area contributed by atoms with Gasteiger partial charge in [-0.05, 0) is 79.5 Å². The van der Waals surface area contributed by atoms with E-state index in [9.17, 15) is 24.9 Å². The highest BCUT2D eigenvalue weighted by atomic mass is 16.7. The molecule has 0 bridgehead atoms. The molecule has 43 heavy (non-hydrogen) atoms. The zero-order valence-corrected chi connectivity index (χ0v) is 24.4. The van der Waals surface area contributed by atoms with Gasteiger partial charge in [-0.25, -0.2) is 0 Å². The van der Waals surface area contributed by atoms with E-state index in [4.69, 9.17) is 14.2 Å². The van der Waals surface area contributed by atoms with Crippen LogP contribution in [0.1, 0.15) is 56.9 Å². The molecule has 3 saturated carbocycles. The van der Waals surface area contributed by atoms with Crippen LogP contribution in [0.15, 0.2) is 72.3 Å². The molecule has 1 heterocycles. The van der Waals surface area contributed by atoms with Crippen LogP contribution in [0.2, 0.25) is 0 Å². The Morgan fingerprint density at radius 1 is 1.09 bits per heavy atom. The van der Waals surface area contributed by atoms with Crippen LogP contribution in [-0.4, -0.2) is 51.3 Å². The SMILES string of the molecule is C[C@]12C=CC(=O)C=C1CC[C@@H]1[C@@H]2[C@@H](O)C[C@@]2(C)[C@H]1C[C@H]1O[C@@H](c3ccc(Oc4cccc(CO)c4)cc3)O[C@]12C(=O)CO. The molecule has 4 fully saturated rings. The maximum absolute atomic E-state index is 13.7. The summed E-state index contributed by atoms with van der Waals surface area (Å²) in [6, 6.07) is 14.5. The molecule has 0 radical (unpaired) electrons. The molecule has 4 aliphatic carbocycles. The first-order chi connectivity index (χ1) is 20.6. The van der Waals surface area contributed by atoms with Gasteiger partial charge in [-0.3, -0.25) is 9.59 Å². The van der Waals surface area contributed by atoms with E-state index in [1.807, 2.05) is 43.3 Å². The zero-order chi connectivity index (χ0) is 30.1. The number of benzene rings is 2. The van der Waals surface area contributed by atoms with E-state index in [2.05, 4.69) is 6.92 Å². The first-order valence-electron chi connectivity index (χ1n) is 15.2. The molecule has 3 N–H and O–H groups in total. The van der Waals surface area contributed by atoms with E-state index in [0.29, 0.717) is 24.3 Å². The van der Waals surface area contributed by atoms with Gasteiger partial charge < -0.3 is 29.5 Å². The van der Waals surface area contributed by atoms with E-state index in [1.165, 1.54) is 0 Å². The van der Waals surface area contributed by atoms with Crippen LogP contribution in [0.4, 0.5) is 0 Å². The van der Waals surface area contributed by atoms with Crippen LogP contribution >= 0.6 is 0 Å². The fraction of sp³-hybridized carbons (Fsp3) is 0.486. The smallest absolute Gasteiger partial charge is 0.193 e. The second-order valence-electron chi connectivity index (χ2n) is 13.3. The van der Waals surface area contributed by atoms with E-state index in [0.717, 1.165) is 29.5 Å². The van der Waals surface area contributed by atoms with E-state index in [-0.39, 0.29) is 30.1 Å². The van der Waals surface area contributed by atoms with Crippen LogP contribution in [0.3, 0.4) is 0 Å². The highest BCUT2D eigenvalue weighted by Crippen LogP contribution is 2.70. The van der Waals surface area contributed by atoms with Crippen molar-refractivity contribution in [3.63, 3.8) is 0 Å². The summed E-state index contributed by atoms with van der Waals surface area (Å²) in [5.41, 5.74) is -0.0105. The Labute approximate surface area is 251 Å². The van der Waals surface area contributed by atoms with Crippen LogP contribution in [0, 0.1) is 28.6 Å². The van der Waals surface area contributed by atoms with Crippen molar-refractivity contribution in [1.82, 2.24) is 0 Å². The van der Waals surface area contributed by atoms with Gasteiger partial charge in [-0.15, -0.1) is 0 Å². The molecule has 0 spiro atoms. The average Bonchev–Trinajstić information content (AvgIpc) is 3.50. The second-order valence-corrected chi connectivity index (χ2v) is 13.3. The molecule has 9 atom stereocenters. The van der Waals surface area contributed by atoms with Crippen molar-refractivity contribution in [2.75, 3.05) is 6.61 Å². The third kappa shape index (κ3) is 4.15. The number of Topliss-reactive ketones (excluding diaryl/α,β-unsaturated/α-hetero) is 1. The Morgan fingerprint density at radius 3 is 2.63 bits per heavy atom. The summed E-state index contributed by atoms with van der Waals surface area (Å²) in [6.45, 7) is 3.40. The van der Waals surface area contributed by atoms with Crippen molar-refractivity contribution < 1.29 is 39.1 Å². The number of aliphatic hydroxyl groups excluding tert-OH is 3. The minimum Gasteiger partial charge on any atom is -0.457 e. The minimum absolute atomic E-state index is 0.00714. The van der Waals surface area contributed by atoms with Crippen LogP contribution < -0.4 is 4.74 Å². The maximum Gasteiger partial charge on any atom is 0.193 e. The Bertz CT molecular complexity index is 1510. The van der Waals surface area contributed by atoms with Crippen LogP contribution in [0.25, 0.3) is 0 Å². The number of fused-ring (bicyclic) bond motifs is 7. The normalized spacial score (nSPS) is 39.4. The van der Waals surface area contributed by atoms with E-state index >= 15 is 0 Å². The standard InChI is InChI=1S/C35H38O8/c1-33-13-12-23(38)15-22(33)8-11-26-27-16-30-35(29(40)19-37,34(27,2)17-28(39)31(26)33)43-32(42-30)21-6-9-24(10-7-21)41-25-5-3-4-20(14-25)18-36/h3-7,9-10,12-15,26-28,30-32,36-37,39H,8,11,16-19H2,1-2H3/t26-,27-,28-,30+,31+,32+,33-,34-,35+/m0/s1. The van der Waals surface area contributed by atoms with Crippen molar-refractivity contribution in [3.8, 4) is 11.5 Å². The Balaban J connectivity index is 1.16. The molecule has 2 aromatic rings. The van der Waals surface area contributed by atoms with Crippen LogP contribution in [-0.2, 0) is 25.7 Å². The minimum atomic E-state index is -1.39. The summed E-state index contributed by atoms with van der Waals surface area (Å²) in [4.78, 5) is 25.9. The lowest BCUT2D eigenvalue weighted by atomic mass is 9.46. The van der Waals surface area contributed by atoms with Gasteiger partial charge in [0.25, 0.3) is 0 Å². The van der Waals surface area contributed by atoms with Crippen molar-refractivity contribution >= 4 is 11.6 Å². The highest BCUT2D eigenvalue weighted by molar-refractivity contribution is 6.01. The van der Waals surface area contributed by atoms with Crippen molar-refractivity contribution in [3.05, 3.63) is 83.5 Å². The van der Waals surface area contributed by atoms with Gasteiger partial charge in [-0.2, -0.15) is 0 Å². The molecular weight excluding hydrogens is 548 g/mol. The molecule has 5 aliphatic rings. The number of rotatable bonds is 6. The predicted octanol–water partition coefficient (Wildman–Crippen LogP) is 4.57. The Hall–Kier alpha value is -3.14. The number of allylic oxidation sites excluding steroid dienone is 4. The molecule has 8 heteroatoms. The van der Waals surface area contributed by atoms with Gasteiger partial charge in [0, 0.05) is 22.3 Å². The third-order valence-corrected chi connectivity index (χ3v) is 11.3. The predicted molar refractivity (Wildman–Crippen MR) is 156 cm³/mol. The van der Waals surface area contributed by atoms with Gasteiger partial charge in [-0.1, -0.05) is 49.8 Å². The molecule has 226 valence electrons. The van der Waals surface area contributed by atoms with E-state index < -0.39 is 47.3 Å². The fourth-order valence-corrected chi connectivity index (χ4v) is 9.37. The maximum atomic E-state index is 13.7. The lowest BCUT2D eigenvalue weighted by molar-refractivity contribution is -0.201. The fourth-order valence-electron chi connectivity index (χ4n) is 9.37. The van der Waals surface area contributed by atoms with Gasteiger partial charge >= 0.3 is 0 Å². The molecule has 0 aromatic heterocycles. The lowest BCUT2D eigenvalue weighted by Crippen LogP contribution is -2.63. The first-order valence-corrected chi connectivity index (χ1v) is 15.2. The third-order valence-electron chi connectivity index (χ3n) is 11.3. The van der Waals surface area contributed by atoms with Gasteiger partial charge in [0.2, 0.25) is 0 Å². The van der Waals surface area contributed by atoms with Crippen molar-refractivity contribution in [1.29, 1.82) is 0 Å². The molecule has 1 aliphatic heterocycles.